The summed E-state index contributed by atoms with van der Waals surface area (Å²) in [6.07, 6.45) is 0. The van der Waals surface area contributed by atoms with Gasteiger partial charge in [0, 0.05) is 17.7 Å². The van der Waals surface area contributed by atoms with E-state index in [1.54, 1.807) is 18.2 Å². The minimum absolute atomic E-state index is 0.00875. The zero-order valence-corrected chi connectivity index (χ0v) is 10.2. The highest BCUT2D eigenvalue weighted by Gasteiger charge is 2.15. The third kappa shape index (κ3) is 2.35. The molecule has 0 radical (unpaired) electrons. The molecule has 0 saturated carbocycles. The van der Waals surface area contributed by atoms with Gasteiger partial charge >= 0.3 is 0 Å². The van der Waals surface area contributed by atoms with E-state index in [-0.39, 0.29) is 11.5 Å². The summed E-state index contributed by atoms with van der Waals surface area (Å²) in [5.74, 6) is 0.288. The number of pyridine rings is 1. The third-order valence-electron chi connectivity index (χ3n) is 2.73. The maximum Gasteiger partial charge on any atom is 0.289 e. The number of nitrogens with two attached hydrogens (primary N) is 1. The molecule has 0 amide bonds. The summed E-state index contributed by atoms with van der Waals surface area (Å²) in [7, 11) is 0. The summed E-state index contributed by atoms with van der Waals surface area (Å²) in [5, 5.41) is 19.7. The first kappa shape index (κ1) is 12.5. The number of anilines is 1. The topological polar surface area (TPSA) is 107 Å². The Morgan fingerprint density at radius 3 is 2.53 bits per heavy atom. The van der Waals surface area contributed by atoms with Crippen molar-refractivity contribution in [2.75, 3.05) is 5.73 Å². The number of nitriles is 1. The van der Waals surface area contributed by atoms with Crippen molar-refractivity contribution in [3.63, 3.8) is 0 Å². The zero-order valence-electron chi connectivity index (χ0n) is 10.2. The number of aromatic nitrogens is 1. The molecule has 1 aromatic carbocycles. The normalized spacial score (nSPS) is 9.89. The maximum atomic E-state index is 10.6. The van der Waals surface area contributed by atoms with E-state index >= 15 is 0 Å². The van der Waals surface area contributed by atoms with Crippen LogP contribution in [0.15, 0.2) is 30.3 Å². The number of non-ortho nitro benzene ring substituents is 1. The number of benzene rings is 1. The molecule has 19 heavy (non-hydrogen) atoms. The van der Waals surface area contributed by atoms with Crippen LogP contribution >= 0.6 is 0 Å². The van der Waals surface area contributed by atoms with Crippen molar-refractivity contribution in [3.8, 4) is 17.2 Å². The predicted octanol–water partition coefficient (Wildman–Crippen LogP) is 1.84. The first-order chi connectivity index (χ1) is 9.02. The Hall–Kier alpha value is -2.94. The lowest BCUT2D eigenvalue weighted by Gasteiger charge is -2.04. The standard InChI is InChI=1S/C13H10N4O2/c1-8-6-11(12(7-14)13(15)16-8)9-2-4-10(5-3-9)17(18)19/h2-6H,1H3,(H2,15,16)/p+1. The SMILES string of the molecule is Cc1cc(-c2ccc([N+](=O)[O-])cc2)c(C#N)c(N)[nH+]1. The fourth-order valence-electron chi connectivity index (χ4n) is 1.86. The highest BCUT2D eigenvalue weighted by molar-refractivity contribution is 5.74. The summed E-state index contributed by atoms with van der Waals surface area (Å²) in [6, 6.07) is 9.84. The summed E-state index contributed by atoms with van der Waals surface area (Å²) in [4.78, 5) is 13.0. The number of nitro groups is 1. The number of nitrogens with zero attached hydrogens (tertiary/aromatic N) is 2. The van der Waals surface area contributed by atoms with E-state index in [1.165, 1.54) is 12.1 Å². The Kier molecular flexibility index (Phi) is 3.12. The summed E-state index contributed by atoms with van der Waals surface area (Å²) in [5.41, 5.74) is 8.29. The number of hydrogen-bond acceptors (Lipinski definition) is 4. The molecule has 0 aliphatic rings. The number of rotatable bonds is 2. The molecule has 0 fully saturated rings. The minimum atomic E-state index is -0.465. The average molecular weight is 255 g/mol. The first-order valence-corrected chi connectivity index (χ1v) is 5.50. The lowest BCUT2D eigenvalue weighted by atomic mass is 10.0. The van der Waals surface area contributed by atoms with Crippen LogP contribution < -0.4 is 10.7 Å². The average Bonchev–Trinajstić information content (AvgIpc) is 2.38. The Morgan fingerprint density at radius 1 is 1.37 bits per heavy atom. The van der Waals surface area contributed by atoms with Gasteiger partial charge in [-0.15, -0.1) is 0 Å². The van der Waals surface area contributed by atoms with Gasteiger partial charge in [-0.05, 0) is 30.7 Å². The van der Waals surface area contributed by atoms with Crippen LogP contribution in [0.25, 0.3) is 11.1 Å². The molecule has 6 nitrogen and oxygen atoms in total. The number of hydrogen-bond donors (Lipinski definition) is 1. The number of H-pyrrole nitrogens is 1. The van der Waals surface area contributed by atoms with E-state index in [0.29, 0.717) is 16.7 Å². The number of nitrogens with one attached hydrogen (secondary N) is 1. The second kappa shape index (κ2) is 4.74. The Morgan fingerprint density at radius 2 is 2.00 bits per heavy atom. The van der Waals surface area contributed by atoms with E-state index < -0.39 is 4.92 Å². The fraction of sp³-hybridized carbons (Fsp3) is 0.0769. The van der Waals surface area contributed by atoms with Gasteiger partial charge in [0.15, 0.2) is 0 Å². The smallest absolute Gasteiger partial charge is 0.286 e. The Balaban J connectivity index is 2.59. The lowest BCUT2D eigenvalue weighted by molar-refractivity contribution is -0.384. The molecule has 6 heteroatoms. The molecule has 2 aromatic rings. The van der Waals surface area contributed by atoms with Crippen LogP contribution in [0.4, 0.5) is 11.5 Å². The van der Waals surface area contributed by atoms with Crippen molar-refractivity contribution >= 4 is 11.5 Å². The van der Waals surface area contributed by atoms with Crippen LogP contribution in [0, 0.1) is 28.4 Å². The van der Waals surface area contributed by atoms with Crippen LogP contribution in [0.3, 0.4) is 0 Å². The molecule has 0 atom stereocenters. The van der Waals surface area contributed by atoms with Crippen molar-refractivity contribution in [1.29, 1.82) is 5.26 Å². The molecule has 3 N–H and O–H groups in total. The highest BCUT2D eigenvalue weighted by atomic mass is 16.6. The second-order valence-corrected chi connectivity index (χ2v) is 4.07. The van der Waals surface area contributed by atoms with Gasteiger partial charge in [-0.25, -0.2) is 4.98 Å². The zero-order chi connectivity index (χ0) is 14.0. The van der Waals surface area contributed by atoms with Gasteiger partial charge < -0.3 is 0 Å². The largest absolute Gasteiger partial charge is 0.289 e. The second-order valence-electron chi connectivity index (χ2n) is 4.07. The molecule has 0 unspecified atom stereocenters. The van der Waals surface area contributed by atoms with Gasteiger partial charge in [-0.2, -0.15) is 5.26 Å². The fourth-order valence-corrected chi connectivity index (χ4v) is 1.86. The van der Waals surface area contributed by atoms with E-state index in [0.717, 1.165) is 5.69 Å². The molecule has 1 heterocycles. The van der Waals surface area contributed by atoms with E-state index in [1.807, 2.05) is 13.0 Å². The molecule has 0 saturated heterocycles. The third-order valence-corrected chi connectivity index (χ3v) is 2.73. The molecule has 0 spiro atoms. The molecule has 0 aliphatic heterocycles. The van der Waals surface area contributed by atoms with E-state index in [4.69, 9.17) is 11.0 Å². The monoisotopic (exact) mass is 255 g/mol. The van der Waals surface area contributed by atoms with Crippen molar-refractivity contribution < 1.29 is 9.91 Å². The molecule has 2 rings (SSSR count). The first-order valence-electron chi connectivity index (χ1n) is 5.50. The minimum Gasteiger partial charge on any atom is -0.286 e. The number of aryl methyl sites for hydroxylation is 1. The molecule has 1 aromatic heterocycles. The molecule has 0 aliphatic carbocycles. The van der Waals surface area contributed by atoms with Gasteiger partial charge in [0.2, 0.25) is 0 Å². The van der Waals surface area contributed by atoms with Crippen molar-refractivity contribution in [2.24, 2.45) is 0 Å². The molecular weight excluding hydrogens is 244 g/mol. The van der Waals surface area contributed by atoms with Crippen LogP contribution in [-0.4, -0.2) is 4.92 Å². The van der Waals surface area contributed by atoms with Crippen molar-refractivity contribution in [3.05, 3.63) is 51.7 Å². The molecule has 0 bridgehead atoms. The van der Waals surface area contributed by atoms with Crippen molar-refractivity contribution in [2.45, 2.75) is 6.92 Å². The van der Waals surface area contributed by atoms with Gasteiger partial charge in [-0.1, -0.05) is 0 Å². The van der Waals surface area contributed by atoms with Gasteiger partial charge in [0.1, 0.15) is 11.6 Å². The van der Waals surface area contributed by atoms with E-state index in [2.05, 4.69) is 4.98 Å². The number of nitrogen functional groups attached to an aromatic ring is 1. The predicted molar refractivity (Wildman–Crippen MR) is 69.0 cm³/mol. The van der Waals surface area contributed by atoms with Gasteiger partial charge in [0.25, 0.3) is 11.5 Å². The maximum absolute atomic E-state index is 10.6. The van der Waals surface area contributed by atoms with Crippen LogP contribution in [0.2, 0.25) is 0 Å². The molecular formula is C13H11N4O2+. The van der Waals surface area contributed by atoms with Crippen LogP contribution in [0.1, 0.15) is 11.3 Å². The van der Waals surface area contributed by atoms with Crippen molar-refractivity contribution in [1.82, 2.24) is 0 Å². The number of nitro benzene ring substituents is 1. The molecule has 94 valence electrons. The van der Waals surface area contributed by atoms with Gasteiger partial charge in [-0.3, -0.25) is 15.8 Å². The van der Waals surface area contributed by atoms with Crippen LogP contribution in [-0.2, 0) is 0 Å². The Labute approximate surface area is 109 Å². The number of aromatic amines is 1. The van der Waals surface area contributed by atoms with Gasteiger partial charge in [0.05, 0.1) is 10.6 Å². The summed E-state index contributed by atoms with van der Waals surface area (Å²) < 4.78 is 0. The lowest BCUT2D eigenvalue weighted by Crippen LogP contribution is -2.16. The highest BCUT2D eigenvalue weighted by Crippen LogP contribution is 2.27. The van der Waals surface area contributed by atoms with E-state index in [9.17, 15) is 10.1 Å². The Bertz CT molecular complexity index is 687. The van der Waals surface area contributed by atoms with Crippen LogP contribution in [0.5, 0.6) is 0 Å². The quantitative estimate of drug-likeness (QED) is 0.652. The summed E-state index contributed by atoms with van der Waals surface area (Å²) >= 11 is 0. The summed E-state index contributed by atoms with van der Waals surface area (Å²) in [6.45, 7) is 1.83.